The lowest BCUT2D eigenvalue weighted by atomic mass is 10.2. The predicted octanol–water partition coefficient (Wildman–Crippen LogP) is 2.88. The van der Waals surface area contributed by atoms with Gasteiger partial charge in [-0.25, -0.2) is 4.39 Å². The summed E-state index contributed by atoms with van der Waals surface area (Å²) in [7, 11) is 0. The van der Waals surface area contributed by atoms with E-state index in [0.29, 0.717) is 4.47 Å². The van der Waals surface area contributed by atoms with E-state index >= 15 is 0 Å². The maximum absolute atomic E-state index is 13.4. The van der Waals surface area contributed by atoms with Crippen LogP contribution in [0.1, 0.15) is 19.3 Å². The molecular formula is C11H12BrFO2. The molecule has 1 N–H and O–H groups in total. The minimum Gasteiger partial charge on any atom is -0.485 e. The summed E-state index contributed by atoms with van der Waals surface area (Å²) in [5.41, 5.74) is 0. The molecule has 0 aliphatic heterocycles. The van der Waals surface area contributed by atoms with Gasteiger partial charge in [0.1, 0.15) is 6.10 Å². The van der Waals surface area contributed by atoms with Crippen molar-refractivity contribution in [3.63, 3.8) is 0 Å². The molecule has 1 saturated carbocycles. The SMILES string of the molecule is OC1CCCC1Oc1ccc(Br)cc1F. The zero-order valence-electron chi connectivity index (χ0n) is 8.12. The van der Waals surface area contributed by atoms with Crippen LogP contribution in [0.25, 0.3) is 0 Å². The van der Waals surface area contributed by atoms with Crippen LogP contribution in [-0.4, -0.2) is 17.3 Å². The molecule has 2 rings (SSSR count). The number of aliphatic hydroxyl groups is 1. The Balaban J connectivity index is 2.10. The second-order valence-electron chi connectivity index (χ2n) is 3.73. The second kappa shape index (κ2) is 4.49. The molecule has 0 heterocycles. The van der Waals surface area contributed by atoms with Crippen LogP contribution >= 0.6 is 15.9 Å². The normalized spacial score (nSPS) is 25.5. The summed E-state index contributed by atoms with van der Waals surface area (Å²) in [6.07, 6.45) is 1.73. The second-order valence-corrected chi connectivity index (χ2v) is 4.64. The van der Waals surface area contributed by atoms with E-state index in [1.807, 2.05) is 0 Å². The third kappa shape index (κ3) is 2.49. The molecule has 4 heteroatoms. The van der Waals surface area contributed by atoms with Crippen LogP contribution in [0.15, 0.2) is 22.7 Å². The fraction of sp³-hybridized carbons (Fsp3) is 0.455. The van der Waals surface area contributed by atoms with E-state index in [9.17, 15) is 9.50 Å². The number of rotatable bonds is 2. The Morgan fingerprint density at radius 1 is 1.40 bits per heavy atom. The predicted molar refractivity (Wildman–Crippen MR) is 58.4 cm³/mol. The quantitative estimate of drug-likeness (QED) is 0.899. The fourth-order valence-electron chi connectivity index (χ4n) is 1.78. The van der Waals surface area contributed by atoms with Crippen molar-refractivity contribution in [3.05, 3.63) is 28.5 Å². The molecule has 0 radical (unpaired) electrons. The molecule has 1 fully saturated rings. The lowest BCUT2D eigenvalue weighted by molar-refractivity contribution is 0.0578. The van der Waals surface area contributed by atoms with Gasteiger partial charge in [-0.3, -0.25) is 0 Å². The van der Waals surface area contributed by atoms with Gasteiger partial charge in [0.15, 0.2) is 11.6 Å². The zero-order chi connectivity index (χ0) is 10.8. The summed E-state index contributed by atoms with van der Waals surface area (Å²) in [5, 5.41) is 9.54. The first-order chi connectivity index (χ1) is 7.16. The Kier molecular flexibility index (Phi) is 3.26. The lowest BCUT2D eigenvalue weighted by Gasteiger charge is -2.17. The van der Waals surface area contributed by atoms with Gasteiger partial charge >= 0.3 is 0 Å². The number of hydrogen-bond donors (Lipinski definition) is 1. The van der Waals surface area contributed by atoms with Crippen molar-refractivity contribution in [1.29, 1.82) is 0 Å². The smallest absolute Gasteiger partial charge is 0.166 e. The number of benzene rings is 1. The van der Waals surface area contributed by atoms with Crippen LogP contribution in [-0.2, 0) is 0 Å². The molecule has 0 amide bonds. The first-order valence-electron chi connectivity index (χ1n) is 4.96. The molecule has 15 heavy (non-hydrogen) atoms. The largest absolute Gasteiger partial charge is 0.485 e. The number of ether oxygens (including phenoxy) is 1. The van der Waals surface area contributed by atoms with Crippen LogP contribution < -0.4 is 4.74 Å². The zero-order valence-corrected chi connectivity index (χ0v) is 9.71. The van der Waals surface area contributed by atoms with Gasteiger partial charge in [0.2, 0.25) is 0 Å². The number of aliphatic hydroxyl groups excluding tert-OH is 1. The molecular weight excluding hydrogens is 263 g/mol. The Labute approximate surface area is 96.2 Å². The highest BCUT2D eigenvalue weighted by Gasteiger charge is 2.27. The van der Waals surface area contributed by atoms with Gasteiger partial charge < -0.3 is 9.84 Å². The van der Waals surface area contributed by atoms with E-state index < -0.39 is 11.9 Å². The molecule has 0 aromatic heterocycles. The molecule has 1 aromatic rings. The molecule has 2 unspecified atom stereocenters. The fourth-order valence-corrected chi connectivity index (χ4v) is 2.11. The number of halogens is 2. The highest BCUT2D eigenvalue weighted by atomic mass is 79.9. The minimum absolute atomic E-state index is 0.212. The van der Waals surface area contributed by atoms with E-state index in [1.54, 1.807) is 12.1 Å². The van der Waals surface area contributed by atoms with Crippen LogP contribution in [0.3, 0.4) is 0 Å². The molecule has 0 bridgehead atoms. The van der Waals surface area contributed by atoms with Crippen LogP contribution in [0.4, 0.5) is 4.39 Å². The van der Waals surface area contributed by atoms with E-state index in [1.165, 1.54) is 6.07 Å². The lowest BCUT2D eigenvalue weighted by Crippen LogP contribution is -2.25. The molecule has 82 valence electrons. The van der Waals surface area contributed by atoms with Crippen molar-refractivity contribution in [3.8, 4) is 5.75 Å². The summed E-state index contributed by atoms with van der Waals surface area (Å²) in [4.78, 5) is 0. The maximum Gasteiger partial charge on any atom is 0.166 e. The summed E-state index contributed by atoms with van der Waals surface area (Å²) in [6.45, 7) is 0. The molecule has 2 nitrogen and oxygen atoms in total. The van der Waals surface area contributed by atoms with Crippen molar-refractivity contribution in [1.82, 2.24) is 0 Å². The van der Waals surface area contributed by atoms with Gasteiger partial charge in [-0.15, -0.1) is 0 Å². The molecule has 0 saturated heterocycles. The van der Waals surface area contributed by atoms with Gasteiger partial charge in [0.05, 0.1) is 6.10 Å². The first-order valence-corrected chi connectivity index (χ1v) is 5.76. The molecule has 1 aliphatic carbocycles. The van der Waals surface area contributed by atoms with Crippen molar-refractivity contribution < 1.29 is 14.2 Å². The average molecular weight is 275 g/mol. The van der Waals surface area contributed by atoms with Crippen molar-refractivity contribution >= 4 is 15.9 Å². The number of hydrogen-bond acceptors (Lipinski definition) is 2. The van der Waals surface area contributed by atoms with E-state index in [0.717, 1.165) is 19.3 Å². The Bertz CT molecular complexity index is 356. The van der Waals surface area contributed by atoms with Crippen LogP contribution in [0.2, 0.25) is 0 Å². The molecule has 1 aliphatic rings. The first kappa shape index (κ1) is 10.9. The van der Waals surface area contributed by atoms with Gasteiger partial charge in [0, 0.05) is 4.47 Å². The average Bonchev–Trinajstić information content (AvgIpc) is 2.57. The third-order valence-electron chi connectivity index (χ3n) is 2.59. The van der Waals surface area contributed by atoms with E-state index in [4.69, 9.17) is 4.74 Å². The third-order valence-corrected chi connectivity index (χ3v) is 3.08. The Morgan fingerprint density at radius 2 is 2.20 bits per heavy atom. The molecule has 2 atom stereocenters. The van der Waals surface area contributed by atoms with Crippen molar-refractivity contribution in [2.24, 2.45) is 0 Å². The highest BCUT2D eigenvalue weighted by Crippen LogP contribution is 2.27. The van der Waals surface area contributed by atoms with Gasteiger partial charge in [-0.05, 0) is 37.5 Å². The summed E-state index contributed by atoms with van der Waals surface area (Å²) in [6, 6.07) is 4.65. The standard InChI is InChI=1S/C11H12BrFO2/c12-7-4-5-10(8(13)6-7)15-11-3-1-2-9(11)14/h4-6,9,11,14H,1-3H2. The van der Waals surface area contributed by atoms with E-state index in [2.05, 4.69) is 15.9 Å². The molecule has 1 aromatic carbocycles. The summed E-state index contributed by atoms with van der Waals surface area (Å²) < 4.78 is 19.5. The van der Waals surface area contributed by atoms with Gasteiger partial charge in [-0.1, -0.05) is 15.9 Å². The van der Waals surface area contributed by atoms with Crippen LogP contribution in [0.5, 0.6) is 5.75 Å². The summed E-state index contributed by atoms with van der Waals surface area (Å²) >= 11 is 3.18. The highest BCUT2D eigenvalue weighted by molar-refractivity contribution is 9.10. The maximum atomic E-state index is 13.4. The monoisotopic (exact) mass is 274 g/mol. The van der Waals surface area contributed by atoms with Crippen LogP contribution in [0, 0.1) is 5.82 Å². The van der Waals surface area contributed by atoms with Gasteiger partial charge in [0.25, 0.3) is 0 Å². The Hall–Kier alpha value is -0.610. The van der Waals surface area contributed by atoms with Crippen molar-refractivity contribution in [2.45, 2.75) is 31.5 Å². The topological polar surface area (TPSA) is 29.5 Å². The summed E-state index contributed by atoms with van der Waals surface area (Å²) in [5.74, 6) is -0.187. The van der Waals surface area contributed by atoms with Crippen molar-refractivity contribution in [2.75, 3.05) is 0 Å². The van der Waals surface area contributed by atoms with E-state index in [-0.39, 0.29) is 11.9 Å². The van der Waals surface area contributed by atoms with Gasteiger partial charge in [-0.2, -0.15) is 0 Å². The minimum atomic E-state index is -0.465. The Morgan fingerprint density at radius 3 is 2.80 bits per heavy atom. The molecule has 0 spiro atoms.